The van der Waals surface area contributed by atoms with E-state index in [-0.39, 0.29) is 6.03 Å². The molecule has 0 radical (unpaired) electrons. The van der Waals surface area contributed by atoms with E-state index in [1.807, 2.05) is 0 Å². The maximum Gasteiger partial charge on any atom is 0.319 e. The fourth-order valence-corrected chi connectivity index (χ4v) is 3.43. The standard InChI is InChI=1S/C23H27N3O3/c1-15-7-6-8-19(11-15)26-16(2)12-18(17(26)3)14-24-23(27)25-21-13-20(28-4)9-10-22(21)29-5/h6-13H,14H2,1-5H3,(H2,24,25,27). The van der Waals surface area contributed by atoms with Gasteiger partial charge in [-0.2, -0.15) is 0 Å². The summed E-state index contributed by atoms with van der Waals surface area (Å²) in [6.45, 7) is 6.64. The third-order valence-electron chi connectivity index (χ3n) is 4.89. The van der Waals surface area contributed by atoms with Crippen molar-refractivity contribution in [1.29, 1.82) is 0 Å². The van der Waals surface area contributed by atoms with Crippen LogP contribution in [0.3, 0.4) is 0 Å². The normalized spacial score (nSPS) is 10.5. The van der Waals surface area contributed by atoms with Crippen LogP contribution in [0.2, 0.25) is 0 Å². The highest BCUT2D eigenvalue weighted by Gasteiger charge is 2.13. The zero-order chi connectivity index (χ0) is 21.0. The van der Waals surface area contributed by atoms with Gasteiger partial charge in [0.05, 0.1) is 19.9 Å². The average Bonchev–Trinajstić information content (AvgIpc) is 2.99. The Balaban J connectivity index is 1.72. The molecule has 6 heteroatoms. The van der Waals surface area contributed by atoms with Gasteiger partial charge < -0.3 is 24.7 Å². The van der Waals surface area contributed by atoms with Gasteiger partial charge in [-0.15, -0.1) is 0 Å². The second-order valence-corrected chi connectivity index (χ2v) is 6.94. The molecule has 0 unspecified atom stereocenters. The summed E-state index contributed by atoms with van der Waals surface area (Å²) in [5, 5.41) is 5.75. The number of aryl methyl sites for hydroxylation is 2. The third-order valence-corrected chi connectivity index (χ3v) is 4.89. The van der Waals surface area contributed by atoms with Crippen molar-refractivity contribution in [3.63, 3.8) is 0 Å². The summed E-state index contributed by atoms with van der Waals surface area (Å²) in [7, 11) is 3.14. The molecule has 0 aliphatic carbocycles. The zero-order valence-corrected chi connectivity index (χ0v) is 17.5. The maximum atomic E-state index is 12.4. The summed E-state index contributed by atoms with van der Waals surface area (Å²) in [6.07, 6.45) is 0. The highest BCUT2D eigenvalue weighted by molar-refractivity contribution is 5.91. The first kappa shape index (κ1) is 20.3. The minimum Gasteiger partial charge on any atom is -0.497 e. The van der Waals surface area contributed by atoms with E-state index in [0.717, 1.165) is 22.6 Å². The second kappa shape index (κ2) is 8.73. The Morgan fingerprint density at radius 2 is 1.79 bits per heavy atom. The number of carbonyl (C=O) groups excluding carboxylic acids is 1. The van der Waals surface area contributed by atoms with Crippen molar-refractivity contribution in [3.05, 3.63) is 71.0 Å². The Kier molecular flexibility index (Phi) is 6.12. The number of amides is 2. The van der Waals surface area contributed by atoms with Crippen molar-refractivity contribution in [2.45, 2.75) is 27.3 Å². The van der Waals surface area contributed by atoms with Crippen LogP contribution in [0.5, 0.6) is 11.5 Å². The monoisotopic (exact) mass is 393 g/mol. The first-order valence-corrected chi connectivity index (χ1v) is 9.44. The minimum atomic E-state index is -0.308. The van der Waals surface area contributed by atoms with E-state index in [1.165, 1.54) is 5.56 Å². The molecule has 2 aromatic carbocycles. The van der Waals surface area contributed by atoms with Gasteiger partial charge in [-0.25, -0.2) is 4.79 Å². The van der Waals surface area contributed by atoms with Crippen LogP contribution in [0.25, 0.3) is 5.69 Å². The number of rotatable bonds is 6. The molecule has 2 amide bonds. The number of methoxy groups -OCH3 is 2. The van der Waals surface area contributed by atoms with E-state index in [4.69, 9.17) is 9.47 Å². The van der Waals surface area contributed by atoms with Gasteiger partial charge in [0.15, 0.2) is 0 Å². The SMILES string of the molecule is COc1ccc(OC)c(NC(=O)NCc2cc(C)n(-c3cccc(C)c3)c2C)c1. The van der Waals surface area contributed by atoms with Crippen LogP contribution >= 0.6 is 0 Å². The summed E-state index contributed by atoms with van der Waals surface area (Å²) in [6, 6.07) is 15.4. The first-order valence-electron chi connectivity index (χ1n) is 9.44. The molecule has 1 heterocycles. The number of anilines is 1. The largest absolute Gasteiger partial charge is 0.497 e. The fourth-order valence-electron chi connectivity index (χ4n) is 3.43. The average molecular weight is 393 g/mol. The maximum absolute atomic E-state index is 12.4. The number of hydrogen-bond donors (Lipinski definition) is 2. The lowest BCUT2D eigenvalue weighted by atomic mass is 10.2. The summed E-state index contributed by atoms with van der Waals surface area (Å²) >= 11 is 0. The first-order chi connectivity index (χ1) is 13.9. The van der Waals surface area contributed by atoms with Crippen LogP contribution in [0, 0.1) is 20.8 Å². The topological polar surface area (TPSA) is 64.5 Å². The number of benzene rings is 2. The molecule has 0 saturated carbocycles. The molecule has 0 aliphatic heterocycles. The molecule has 1 aromatic heterocycles. The molecule has 3 aromatic rings. The molecule has 29 heavy (non-hydrogen) atoms. The molecule has 3 rings (SSSR count). The quantitative estimate of drug-likeness (QED) is 0.636. The molecule has 2 N–H and O–H groups in total. The van der Waals surface area contributed by atoms with E-state index in [9.17, 15) is 4.79 Å². The summed E-state index contributed by atoms with van der Waals surface area (Å²) in [5.41, 5.74) is 6.18. The van der Waals surface area contributed by atoms with Gasteiger partial charge >= 0.3 is 6.03 Å². The molecule has 152 valence electrons. The van der Waals surface area contributed by atoms with Crippen LogP contribution < -0.4 is 20.1 Å². The predicted molar refractivity (Wildman–Crippen MR) is 115 cm³/mol. The molecule has 6 nitrogen and oxygen atoms in total. The van der Waals surface area contributed by atoms with E-state index in [2.05, 4.69) is 66.3 Å². The highest BCUT2D eigenvalue weighted by Crippen LogP contribution is 2.29. The van der Waals surface area contributed by atoms with Crippen LogP contribution in [0.15, 0.2) is 48.5 Å². The van der Waals surface area contributed by atoms with Crippen molar-refractivity contribution in [1.82, 2.24) is 9.88 Å². The summed E-state index contributed by atoms with van der Waals surface area (Å²) in [4.78, 5) is 12.4. The number of carbonyl (C=O) groups is 1. The van der Waals surface area contributed by atoms with Crippen LogP contribution in [-0.4, -0.2) is 24.8 Å². The summed E-state index contributed by atoms with van der Waals surface area (Å²) < 4.78 is 12.7. The van der Waals surface area contributed by atoms with Gasteiger partial charge in [0.25, 0.3) is 0 Å². The Labute approximate surface area is 171 Å². The van der Waals surface area contributed by atoms with Crippen molar-refractivity contribution < 1.29 is 14.3 Å². The molecular weight excluding hydrogens is 366 g/mol. The van der Waals surface area contributed by atoms with Crippen molar-refractivity contribution >= 4 is 11.7 Å². The molecule has 0 bridgehead atoms. The van der Waals surface area contributed by atoms with Crippen LogP contribution in [-0.2, 0) is 6.54 Å². The summed E-state index contributed by atoms with van der Waals surface area (Å²) in [5.74, 6) is 1.21. The van der Waals surface area contributed by atoms with Crippen LogP contribution in [0.4, 0.5) is 10.5 Å². The van der Waals surface area contributed by atoms with E-state index in [1.54, 1.807) is 32.4 Å². The number of hydrogen-bond acceptors (Lipinski definition) is 3. The Morgan fingerprint density at radius 3 is 2.48 bits per heavy atom. The predicted octanol–water partition coefficient (Wildman–Crippen LogP) is 4.74. The third kappa shape index (κ3) is 4.54. The smallest absolute Gasteiger partial charge is 0.319 e. The van der Waals surface area contributed by atoms with Crippen LogP contribution in [0.1, 0.15) is 22.5 Å². The number of nitrogens with zero attached hydrogens (tertiary/aromatic N) is 1. The van der Waals surface area contributed by atoms with E-state index < -0.39 is 0 Å². The Hall–Kier alpha value is -3.41. The van der Waals surface area contributed by atoms with Crippen molar-refractivity contribution in [3.8, 4) is 17.2 Å². The number of ether oxygens (including phenoxy) is 2. The molecule has 0 saturated heterocycles. The highest BCUT2D eigenvalue weighted by atomic mass is 16.5. The molecule has 0 fully saturated rings. The molecule has 0 spiro atoms. The second-order valence-electron chi connectivity index (χ2n) is 6.94. The van der Waals surface area contributed by atoms with Gasteiger partial charge in [-0.05, 0) is 62.2 Å². The van der Waals surface area contributed by atoms with Gasteiger partial charge in [0, 0.05) is 29.7 Å². The van der Waals surface area contributed by atoms with Crippen molar-refractivity contribution in [2.75, 3.05) is 19.5 Å². The van der Waals surface area contributed by atoms with Gasteiger partial charge in [0.1, 0.15) is 11.5 Å². The lowest BCUT2D eigenvalue weighted by molar-refractivity contribution is 0.251. The molecular formula is C23H27N3O3. The molecule has 0 aliphatic rings. The molecule has 0 atom stereocenters. The van der Waals surface area contributed by atoms with E-state index in [0.29, 0.717) is 23.7 Å². The number of nitrogens with one attached hydrogen (secondary N) is 2. The minimum absolute atomic E-state index is 0.308. The van der Waals surface area contributed by atoms with Gasteiger partial charge in [-0.1, -0.05) is 12.1 Å². The fraction of sp³-hybridized carbons (Fsp3) is 0.261. The lowest BCUT2D eigenvalue weighted by Gasteiger charge is -2.13. The van der Waals surface area contributed by atoms with E-state index >= 15 is 0 Å². The van der Waals surface area contributed by atoms with Crippen molar-refractivity contribution in [2.24, 2.45) is 0 Å². The number of urea groups is 1. The Morgan fingerprint density at radius 1 is 1.00 bits per heavy atom. The van der Waals surface area contributed by atoms with Gasteiger partial charge in [0.2, 0.25) is 0 Å². The Bertz CT molecular complexity index is 1020. The zero-order valence-electron chi connectivity index (χ0n) is 17.5. The number of aromatic nitrogens is 1. The van der Waals surface area contributed by atoms with Gasteiger partial charge in [-0.3, -0.25) is 0 Å². The lowest BCUT2D eigenvalue weighted by Crippen LogP contribution is -2.28.